The third-order valence-electron chi connectivity index (χ3n) is 2.74. The number of pyridine rings is 1. The highest BCUT2D eigenvalue weighted by Crippen LogP contribution is 2.17. The monoisotopic (exact) mass is 269 g/mol. The van der Waals surface area contributed by atoms with E-state index in [0.29, 0.717) is 5.56 Å². The van der Waals surface area contributed by atoms with Crippen molar-refractivity contribution in [3.05, 3.63) is 59.4 Å². The molecular weight excluding hydrogens is 254 g/mol. The Morgan fingerprint density at radius 2 is 2.25 bits per heavy atom. The zero-order valence-corrected chi connectivity index (χ0v) is 11.3. The average Bonchev–Trinajstić information content (AvgIpc) is 2.49. The number of ether oxygens (including phenoxy) is 1. The summed E-state index contributed by atoms with van der Waals surface area (Å²) in [5.74, 6) is 0.487. The van der Waals surface area contributed by atoms with Crippen LogP contribution in [0.1, 0.15) is 21.5 Å². The van der Waals surface area contributed by atoms with Crippen molar-refractivity contribution in [2.24, 2.45) is 5.10 Å². The Balaban J connectivity index is 2.02. The van der Waals surface area contributed by atoms with E-state index < -0.39 is 0 Å². The predicted octanol–water partition coefficient (Wildman–Crippen LogP) is 2.16. The minimum absolute atomic E-state index is 0.298. The van der Waals surface area contributed by atoms with E-state index in [-0.39, 0.29) is 5.91 Å². The number of aromatic nitrogens is 1. The van der Waals surface area contributed by atoms with Crippen LogP contribution in [0.3, 0.4) is 0 Å². The van der Waals surface area contributed by atoms with Crippen molar-refractivity contribution in [1.82, 2.24) is 10.4 Å². The molecule has 0 aliphatic rings. The maximum atomic E-state index is 11.7. The quantitative estimate of drug-likeness (QED) is 0.683. The molecule has 5 nitrogen and oxygen atoms in total. The summed E-state index contributed by atoms with van der Waals surface area (Å²) in [5, 5.41) is 3.92. The Kier molecular flexibility index (Phi) is 4.44. The number of carbonyl (C=O) groups excluding carboxylic acids is 1. The number of amides is 1. The largest absolute Gasteiger partial charge is 0.496 e. The third-order valence-corrected chi connectivity index (χ3v) is 2.74. The van der Waals surface area contributed by atoms with E-state index in [4.69, 9.17) is 4.74 Å². The molecule has 0 unspecified atom stereocenters. The number of nitrogens with one attached hydrogen (secondary N) is 1. The van der Waals surface area contributed by atoms with Crippen LogP contribution in [0.4, 0.5) is 0 Å². The first-order valence-corrected chi connectivity index (χ1v) is 6.09. The summed E-state index contributed by atoms with van der Waals surface area (Å²) in [6, 6.07) is 9.06. The van der Waals surface area contributed by atoms with E-state index in [1.54, 1.807) is 31.7 Å². The van der Waals surface area contributed by atoms with Gasteiger partial charge in [0.2, 0.25) is 0 Å². The summed E-state index contributed by atoms with van der Waals surface area (Å²) in [6.45, 7) is 1.96. The third kappa shape index (κ3) is 3.41. The molecule has 20 heavy (non-hydrogen) atoms. The highest BCUT2D eigenvalue weighted by molar-refractivity contribution is 5.94. The molecule has 2 aromatic rings. The SMILES string of the molecule is COc1cc(C=NNC(=O)c2cccnc2)ccc1C. The topological polar surface area (TPSA) is 63.6 Å². The molecule has 102 valence electrons. The van der Waals surface area contributed by atoms with Gasteiger partial charge in [0.1, 0.15) is 5.75 Å². The summed E-state index contributed by atoms with van der Waals surface area (Å²) >= 11 is 0. The van der Waals surface area contributed by atoms with Crippen LogP contribution in [0.25, 0.3) is 0 Å². The Morgan fingerprint density at radius 1 is 1.40 bits per heavy atom. The fraction of sp³-hybridized carbons (Fsp3) is 0.133. The Morgan fingerprint density at radius 3 is 2.95 bits per heavy atom. The van der Waals surface area contributed by atoms with Gasteiger partial charge in [0.25, 0.3) is 5.91 Å². The van der Waals surface area contributed by atoms with Crippen molar-refractivity contribution in [3.63, 3.8) is 0 Å². The number of rotatable bonds is 4. The van der Waals surface area contributed by atoms with Gasteiger partial charge in [-0.1, -0.05) is 12.1 Å². The van der Waals surface area contributed by atoms with Crippen LogP contribution in [0.15, 0.2) is 47.8 Å². The van der Waals surface area contributed by atoms with Gasteiger partial charge >= 0.3 is 0 Å². The summed E-state index contributed by atoms with van der Waals surface area (Å²) < 4.78 is 5.23. The molecule has 1 amide bonds. The van der Waals surface area contributed by atoms with Crippen molar-refractivity contribution in [3.8, 4) is 5.75 Å². The van der Waals surface area contributed by atoms with E-state index in [2.05, 4.69) is 15.5 Å². The van der Waals surface area contributed by atoms with Crippen LogP contribution in [0, 0.1) is 6.92 Å². The summed E-state index contributed by atoms with van der Waals surface area (Å²) in [5.41, 5.74) is 4.80. The first-order chi connectivity index (χ1) is 9.70. The van der Waals surface area contributed by atoms with Gasteiger partial charge in [-0.15, -0.1) is 0 Å². The lowest BCUT2D eigenvalue weighted by Gasteiger charge is -2.04. The molecule has 1 heterocycles. The Bertz CT molecular complexity index is 624. The Labute approximate surface area is 117 Å². The van der Waals surface area contributed by atoms with Crippen molar-refractivity contribution in [2.75, 3.05) is 7.11 Å². The second kappa shape index (κ2) is 6.47. The molecule has 0 bridgehead atoms. The standard InChI is InChI=1S/C15H15N3O2/c1-11-5-6-12(8-14(11)20-2)9-17-18-15(19)13-4-3-7-16-10-13/h3-10H,1-2H3,(H,18,19). The van der Waals surface area contributed by atoms with Crippen molar-refractivity contribution < 1.29 is 9.53 Å². The molecule has 0 saturated heterocycles. The fourth-order valence-electron chi connectivity index (χ4n) is 1.64. The van der Waals surface area contributed by atoms with E-state index >= 15 is 0 Å². The van der Waals surface area contributed by atoms with Gasteiger partial charge in [0, 0.05) is 12.4 Å². The molecule has 0 atom stereocenters. The molecule has 1 aromatic heterocycles. The van der Waals surface area contributed by atoms with Crippen LogP contribution in [-0.2, 0) is 0 Å². The van der Waals surface area contributed by atoms with Crippen LogP contribution >= 0.6 is 0 Å². The smallest absolute Gasteiger partial charge is 0.272 e. The molecule has 5 heteroatoms. The lowest BCUT2D eigenvalue weighted by Crippen LogP contribution is -2.17. The number of hydrogen-bond acceptors (Lipinski definition) is 4. The van der Waals surface area contributed by atoms with Gasteiger partial charge in [-0.2, -0.15) is 5.10 Å². The number of methoxy groups -OCH3 is 1. The fourth-order valence-corrected chi connectivity index (χ4v) is 1.64. The van der Waals surface area contributed by atoms with E-state index in [1.165, 1.54) is 6.20 Å². The second-order valence-corrected chi connectivity index (χ2v) is 4.17. The summed E-state index contributed by atoms with van der Waals surface area (Å²) in [4.78, 5) is 15.6. The van der Waals surface area contributed by atoms with E-state index in [0.717, 1.165) is 16.9 Å². The first-order valence-electron chi connectivity index (χ1n) is 6.09. The molecule has 2 rings (SSSR count). The van der Waals surface area contributed by atoms with Gasteiger partial charge in [0.15, 0.2) is 0 Å². The maximum Gasteiger partial charge on any atom is 0.272 e. The van der Waals surface area contributed by atoms with Crippen LogP contribution < -0.4 is 10.2 Å². The van der Waals surface area contributed by atoms with Crippen molar-refractivity contribution >= 4 is 12.1 Å². The number of carbonyl (C=O) groups is 1. The minimum atomic E-state index is -0.298. The van der Waals surface area contributed by atoms with E-state index in [9.17, 15) is 4.79 Å². The highest BCUT2D eigenvalue weighted by atomic mass is 16.5. The molecule has 1 aromatic carbocycles. The lowest BCUT2D eigenvalue weighted by molar-refractivity contribution is 0.0955. The van der Waals surface area contributed by atoms with Gasteiger partial charge in [0.05, 0.1) is 18.9 Å². The lowest BCUT2D eigenvalue weighted by atomic mass is 10.1. The minimum Gasteiger partial charge on any atom is -0.496 e. The van der Waals surface area contributed by atoms with Gasteiger partial charge in [-0.25, -0.2) is 5.43 Å². The molecule has 0 spiro atoms. The maximum absolute atomic E-state index is 11.7. The normalized spacial score (nSPS) is 10.5. The molecule has 0 fully saturated rings. The number of benzene rings is 1. The highest BCUT2D eigenvalue weighted by Gasteiger charge is 2.02. The number of aryl methyl sites for hydroxylation is 1. The van der Waals surface area contributed by atoms with Crippen LogP contribution in [0.2, 0.25) is 0 Å². The Hall–Kier alpha value is -2.69. The molecule has 0 saturated carbocycles. The van der Waals surface area contributed by atoms with Crippen molar-refractivity contribution in [2.45, 2.75) is 6.92 Å². The van der Waals surface area contributed by atoms with Crippen LogP contribution in [-0.4, -0.2) is 24.2 Å². The van der Waals surface area contributed by atoms with Gasteiger partial charge in [-0.05, 0) is 36.2 Å². The summed E-state index contributed by atoms with van der Waals surface area (Å²) in [6.07, 6.45) is 4.66. The molecule has 0 radical (unpaired) electrons. The predicted molar refractivity (Wildman–Crippen MR) is 77.0 cm³/mol. The van der Waals surface area contributed by atoms with Crippen LogP contribution in [0.5, 0.6) is 5.75 Å². The molecular formula is C15H15N3O2. The zero-order valence-electron chi connectivity index (χ0n) is 11.3. The van der Waals surface area contributed by atoms with E-state index in [1.807, 2.05) is 25.1 Å². The van der Waals surface area contributed by atoms with Crippen molar-refractivity contribution in [1.29, 1.82) is 0 Å². The first kappa shape index (κ1) is 13.7. The second-order valence-electron chi connectivity index (χ2n) is 4.17. The molecule has 1 N–H and O–H groups in total. The van der Waals surface area contributed by atoms with Gasteiger partial charge < -0.3 is 4.74 Å². The molecule has 0 aliphatic heterocycles. The van der Waals surface area contributed by atoms with Gasteiger partial charge in [-0.3, -0.25) is 9.78 Å². The number of nitrogens with zero attached hydrogens (tertiary/aromatic N) is 2. The average molecular weight is 269 g/mol. The number of hydrazone groups is 1. The molecule has 0 aliphatic carbocycles. The summed E-state index contributed by atoms with van der Waals surface area (Å²) in [7, 11) is 1.62. The zero-order chi connectivity index (χ0) is 14.4. The number of hydrogen-bond donors (Lipinski definition) is 1.